The molecule has 2 aliphatic rings. The number of anilines is 1. The Morgan fingerprint density at radius 1 is 1.10 bits per heavy atom. The third-order valence-corrected chi connectivity index (χ3v) is 7.64. The molecule has 0 N–H and O–H groups in total. The van der Waals surface area contributed by atoms with Gasteiger partial charge in [-0.3, -0.25) is 9.78 Å². The number of aryl methyl sites for hydroxylation is 1. The zero-order valence-corrected chi connectivity index (χ0v) is 19.2. The van der Waals surface area contributed by atoms with E-state index in [1.807, 2.05) is 6.20 Å². The van der Waals surface area contributed by atoms with Gasteiger partial charge in [0.1, 0.15) is 0 Å². The average Bonchev–Trinajstić information content (AvgIpc) is 3.13. The van der Waals surface area contributed by atoms with Gasteiger partial charge < -0.3 is 9.64 Å². The van der Waals surface area contributed by atoms with E-state index in [9.17, 15) is 4.79 Å². The van der Waals surface area contributed by atoms with Gasteiger partial charge in [0.25, 0.3) is 0 Å². The number of ether oxygens (including phenoxy) is 1. The third kappa shape index (κ3) is 3.81. The maximum Gasteiger partial charge on any atom is 0.173 e. The van der Waals surface area contributed by atoms with Crippen LogP contribution in [0, 0.1) is 12.3 Å². The summed E-state index contributed by atoms with van der Waals surface area (Å²) in [6.07, 6.45) is 3.44. The summed E-state index contributed by atoms with van der Waals surface area (Å²) in [6, 6.07) is 12.7. The quantitative estimate of drug-likeness (QED) is 0.526. The molecule has 5 rings (SSSR count). The van der Waals surface area contributed by atoms with Crippen molar-refractivity contribution in [2.24, 2.45) is 5.41 Å². The summed E-state index contributed by atoms with van der Waals surface area (Å²) in [5.74, 6) is 0.283. The summed E-state index contributed by atoms with van der Waals surface area (Å²) in [5, 5.41) is 1.21. The van der Waals surface area contributed by atoms with Crippen LogP contribution in [0.4, 0.5) is 5.00 Å². The number of aromatic nitrogens is 1. The van der Waals surface area contributed by atoms with E-state index in [-0.39, 0.29) is 11.2 Å². The first-order chi connectivity index (χ1) is 14.9. The van der Waals surface area contributed by atoms with Crippen molar-refractivity contribution in [3.05, 3.63) is 58.6 Å². The molecule has 5 heteroatoms. The van der Waals surface area contributed by atoms with E-state index in [2.05, 4.69) is 67.1 Å². The molecular formula is C26H28N2O2S. The Bertz CT molecular complexity index is 1140. The van der Waals surface area contributed by atoms with E-state index in [4.69, 9.17) is 4.74 Å². The minimum atomic E-state index is -0.0198. The van der Waals surface area contributed by atoms with Crippen molar-refractivity contribution in [1.82, 2.24) is 4.98 Å². The molecule has 0 unspecified atom stereocenters. The Morgan fingerprint density at radius 2 is 1.87 bits per heavy atom. The van der Waals surface area contributed by atoms with Gasteiger partial charge in [-0.05, 0) is 47.6 Å². The molecule has 1 saturated heterocycles. The van der Waals surface area contributed by atoms with Crippen molar-refractivity contribution in [3.8, 4) is 22.4 Å². The van der Waals surface area contributed by atoms with Gasteiger partial charge in [0.15, 0.2) is 5.78 Å². The largest absolute Gasteiger partial charge is 0.378 e. The molecule has 2 aromatic heterocycles. The van der Waals surface area contributed by atoms with Crippen LogP contribution in [0.3, 0.4) is 0 Å². The third-order valence-electron chi connectivity index (χ3n) is 6.30. The molecule has 1 aromatic carbocycles. The lowest BCUT2D eigenvalue weighted by molar-refractivity contribution is 0.0918. The monoisotopic (exact) mass is 432 g/mol. The molecule has 1 fully saturated rings. The molecule has 3 aromatic rings. The standard InChI is InChI=1S/C26H28N2O2S/c1-17-6-4-5-7-19(17)21-14-18(8-9-27-21)23-20-15-26(2,3)16-22(29)24(20)31-25(23)28-10-12-30-13-11-28/h4-9,14H,10-13,15-16H2,1-3H3. The molecule has 0 radical (unpaired) electrons. The molecule has 31 heavy (non-hydrogen) atoms. The van der Waals surface area contributed by atoms with E-state index in [1.54, 1.807) is 11.3 Å². The first-order valence-electron chi connectivity index (χ1n) is 11.0. The predicted octanol–water partition coefficient (Wildman–Crippen LogP) is 5.78. The second-order valence-corrected chi connectivity index (χ2v) is 10.4. The summed E-state index contributed by atoms with van der Waals surface area (Å²) in [4.78, 5) is 21.1. The number of ketones is 1. The van der Waals surface area contributed by atoms with E-state index < -0.39 is 0 Å². The molecule has 0 spiro atoms. The van der Waals surface area contributed by atoms with Gasteiger partial charge in [0.05, 0.1) is 28.8 Å². The van der Waals surface area contributed by atoms with Gasteiger partial charge in [-0.25, -0.2) is 0 Å². The number of carbonyl (C=O) groups is 1. The number of thiophene rings is 1. The maximum atomic E-state index is 13.1. The van der Waals surface area contributed by atoms with Crippen LogP contribution in [0.2, 0.25) is 0 Å². The molecule has 1 aliphatic carbocycles. The minimum Gasteiger partial charge on any atom is -0.378 e. The van der Waals surface area contributed by atoms with Crippen molar-refractivity contribution < 1.29 is 9.53 Å². The number of rotatable bonds is 3. The second-order valence-electron chi connectivity index (χ2n) is 9.37. The number of hydrogen-bond acceptors (Lipinski definition) is 5. The Labute approximate surface area is 187 Å². The highest BCUT2D eigenvalue weighted by Crippen LogP contribution is 2.49. The van der Waals surface area contributed by atoms with Crippen molar-refractivity contribution in [2.75, 3.05) is 31.2 Å². The number of hydrogen-bond donors (Lipinski definition) is 0. The van der Waals surface area contributed by atoms with Crippen LogP contribution >= 0.6 is 11.3 Å². The Morgan fingerprint density at radius 3 is 2.65 bits per heavy atom. The van der Waals surface area contributed by atoms with Crippen LogP contribution in [-0.2, 0) is 11.2 Å². The highest BCUT2D eigenvalue weighted by molar-refractivity contribution is 7.19. The predicted molar refractivity (Wildman–Crippen MR) is 127 cm³/mol. The van der Waals surface area contributed by atoms with Crippen LogP contribution in [0.15, 0.2) is 42.6 Å². The first kappa shape index (κ1) is 20.4. The van der Waals surface area contributed by atoms with Crippen molar-refractivity contribution in [3.63, 3.8) is 0 Å². The molecule has 4 nitrogen and oxygen atoms in total. The number of Topliss-reactive ketones (excluding diaryl/α,β-unsaturated/α-hetero) is 1. The second kappa shape index (κ2) is 7.88. The SMILES string of the molecule is Cc1ccccc1-c1cc(-c2c(N3CCOCC3)sc3c2CC(C)(C)CC3=O)ccn1. The fourth-order valence-electron chi connectivity index (χ4n) is 4.78. The number of fused-ring (bicyclic) bond motifs is 1. The van der Waals surface area contributed by atoms with Crippen molar-refractivity contribution >= 4 is 22.1 Å². The van der Waals surface area contributed by atoms with Crippen LogP contribution in [-0.4, -0.2) is 37.1 Å². The Hall–Kier alpha value is -2.50. The Kier molecular flexibility index (Phi) is 5.19. The lowest BCUT2D eigenvalue weighted by atomic mass is 9.75. The zero-order valence-electron chi connectivity index (χ0n) is 18.4. The number of pyridine rings is 1. The number of nitrogens with zero attached hydrogens (tertiary/aromatic N) is 2. The van der Waals surface area contributed by atoms with E-state index >= 15 is 0 Å². The van der Waals surface area contributed by atoms with Gasteiger partial charge in [0, 0.05) is 36.8 Å². The fourth-order valence-corrected chi connectivity index (χ4v) is 6.11. The van der Waals surface area contributed by atoms with Gasteiger partial charge in [0.2, 0.25) is 0 Å². The zero-order chi connectivity index (χ0) is 21.6. The minimum absolute atomic E-state index is 0.0198. The number of carbonyl (C=O) groups excluding carboxylic acids is 1. The van der Waals surface area contributed by atoms with Crippen LogP contribution < -0.4 is 4.90 Å². The number of morpholine rings is 1. The molecule has 3 heterocycles. The van der Waals surface area contributed by atoms with E-state index in [0.29, 0.717) is 6.42 Å². The van der Waals surface area contributed by atoms with Gasteiger partial charge >= 0.3 is 0 Å². The topological polar surface area (TPSA) is 42.4 Å². The molecule has 160 valence electrons. The summed E-state index contributed by atoms with van der Waals surface area (Å²) in [7, 11) is 0. The van der Waals surface area contributed by atoms with Crippen LogP contribution in [0.5, 0.6) is 0 Å². The summed E-state index contributed by atoms with van der Waals surface area (Å²) < 4.78 is 5.60. The average molecular weight is 433 g/mol. The first-order valence-corrected chi connectivity index (χ1v) is 11.8. The summed E-state index contributed by atoms with van der Waals surface area (Å²) in [5.41, 5.74) is 6.91. The Balaban J connectivity index is 1.69. The highest BCUT2D eigenvalue weighted by atomic mass is 32.1. The van der Waals surface area contributed by atoms with Gasteiger partial charge in [-0.15, -0.1) is 11.3 Å². The fraction of sp³-hybridized carbons (Fsp3) is 0.385. The van der Waals surface area contributed by atoms with E-state index in [1.165, 1.54) is 21.7 Å². The molecule has 0 atom stereocenters. The van der Waals surface area contributed by atoms with Crippen molar-refractivity contribution in [1.29, 1.82) is 0 Å². The highest BCUT2D eigenvalue weighted by Gasteiger charge is 2.37. The lowest BCUT2D eigenvalue weighted by Gasteiger charge is -2.30. The van der Waals surface area contributed by atoms with Crippen molar-refractivity contribution in [2.45, 2.75) is 33.6 Å². The lowest BCUT2D eigenvalue weighted by Crippen LogP contribution is -2.36. The summed E-state index contributed by atoms with van der Waals surface area (Å²) >= 11 is 1.68. The van der Waals surface area contributed by atoms with E-state index in [0.717, 1.165) is 54.4 Å². The van der Waals surface area contributed by atoms with Crippen LogP contribution in [0.25, 0.3) is 22.4 Å². The van der Waals surface area contributed by atoms with Gasteiger partial charge in [-0.1, -0.05) is 38.1 Å². The summed E-state index contributed by atoms with van der Waals surface area (Å²) in [6.45, 7) is 9.71. The van der Waals surface area contributed by atoms with Gasteiger partial charge in [-0.2, -0.15) is 0 Å². The molecular weight excluding hydrogens is 404 g/mol. The smallest absolute Gasteiger partial charge is 0.173 e. The normalized spacial score (nSPS) is 18.2. The number of benzene rings is 1. The maximum absolute atomic E-state index is 13.1. The molecule has 0 bridgehead atoms. The molecule has 0 saturated carbocycles. The molecule has 1 aliphatic heterocycles. The molecule has 0 amide bonds. The van der Waals surface area contributed by atoms with Crippen LogP contribution in [0.1, 0.15) is 41.1 Å².